The Labute approximate surface area is 133 Å². The van der Waals surface area contributed by atoms with Crippen molar-refractivity contribution in [3.8, 4) is 0 Å². The first-order valence-electron chi connectivity index (χ1n) is 7.14. The van der Waals surface area contributed by atoms with Crippen LogP contribution in [0.15, 0.2) is 41.7 Å². The van der Waals surface area contributed by atoms with Crippen LogP contribution >= 0.6 is 0 Å². The number of benzene rings is 1. The maximum Gasteiger partial charge on any atom is 0.346 e. The molecular formula is C17H16O6. The molecule has 0 aliphatic heterocycles. The number of fused-ring (bicyclic) bond motifs is 1. The van der Waals surface area contributed by atoms with E-state index < -0.39 is 23.5 Å². The summed E-state index contributed by atoms with van der Waals surface area (Å²) < 4.78 is 9.82. The average Bonchev–Trinajstić information content (AvgIpc) is 2.53. The van der Waals surface area contributed by atoms with E-state index in [2.05, 4.69) is 0 Å². The topological polar surface area (TPSA) is 89.9 Å². The third-order valence-corrected chi connectivity index (χ3v) is 3.20. The fourth-order valence-corrected chi connectivity index (χ4v) is 2.25. The molecule has 0 fully saturated rings. The van der Waals surface area contributed by atoms with Crippen molar-refractivity contribution < 1.29 is 29.0 Å². The van der Waals surface area contributed by atoms with Gasteiger partial charge in [0.15, 0.2) is 11.3 Å². The highest BCUT2D eigenvalue weighted by Crippen LogP contribution is 2.31. The Kier molecular flexibility index (Phi) is 4.95. The van der Waals surface area contributed by atoms with Crippen molar-refractivity contribution in [1.82, 2.24) is 0 Å². The monoisotopic (exact) mass is 316 g/mol. The molecule has 0 amide bonds. The normalized spacial score (nSPS) is 13.0. The highest BCUT2D eigenvalue weighted by atomic mass is 16.6. The van der Waals surface area contributed by atoms with Crippen LogP contribution in [0.25, 0.3) is 5.57 Å². The molecule has 0 spiro atoms. The number of ether oxygens (including phenoxy) is 2. The molecule has 1 N–H and O–H groups in total. The Morgan fingerprint density at radius 3 is 2.04 bits per heavy atom. The summed E-state index contributed by atoms with van der Waals surface area (Å²) in [5.41, 5.74) is 0.329. The molecule has 120 valence electrons. The quantitative estimate of drug-likeness (QED) is 0.396. The summed E-state index contributed by atoms with van der Waals surface area (Å²) in [7, 11) is 0. The van der Waals surface area contributed by atoms with Gasteiger partial charge in [0, 0.05) is 11.1 Å². The van der Waals surface area contributed by atoms with E-state index in [1.165, 1.54) is 6.07 Å². The average molecular weight is 316 g/mol. The summed E-state index contributed by atoms with van der Waals surface area (Å²) in [6, 6.07) is 6.39. The SMILES string of the molecule is CCOC(=O)C(C(=O)OCC)=C1C=C(O)C(=O)c2ccccc21. The van der Waals surface area contributed by atoms with E-state index in [0.717, 1.165) is 6.08 Å². The molecule has 6 nitrogen and oxygen atoms in total. The zero-order chi connectivity index (χ0) is 17.0. The number of hydrogen-bond donors (Lipinski definition) is 1. The van der Waals surface area contributed by atoms with Gasteiger partial charge in [-0.2, -0.15) is 0 Å². The lowest BCUT2D eigenvalue weighted by atomic mass is 9.87. The second-order valence-corrected chi connectivity index (χ2v) is 4.63. The lowest BCUT2D eigenvalue weighted by Crippen LogP contribution is -2.22. The molecule has 0 unspecified atom stereocenters. The highest BCUT2D eigenvalue weighted by Gasteiger charge is 2.31. The second-order valence-electron chi connectivity index (χ2n) is 4.63. The third-order valence-electron chi connectivity index (χ3n) is 3.20. The van der Waals surface area contributed by atoms with E-state index in [4.69, 9.17) is 9.47 Å². The Bertz CT molecular complexity index is 706. The van der Waals surface area contributed by atoms with Crippen molar-refractivity contribution >= 4 is 23.3 Å². The largest absolute Gasteiger partial charge is 0.504 e. The summed E-state index contributed by atoms with van der Waals surface area (Å²) in [4.78, 5) is 36.4. The number of carbonyl (C=O) groups excluding carboxylic acids is 3. The number of carbonyl (C=O) groups is 3. The first kappa shape index (κ1) is 16.5. The van der Waals surface area contributed by atoms with Gasteiger partial charge >= 0.3 is 11.9 Å². The molecule has 1 aromatic carbocycles. The van der Waals surface area contributed by atoms with Gasteiger partial charge in [-0.15, -0.1) is 0 Å². The van der Waals surface area contributed by atoms with Gasteiger partial charge in [-0.05, 0) is 25.5 Å². The van der Waals surface area contributed by atoms with E-state index in [0.29, 0.717) is 5.56 Å². The molecule has 1 aromatic rings. The maximum atomic E-state index is 12.2. The van der Waals surface area contributed by atoms with E-state index in [1.54, 1.807) is 32.0 Å². The van der Waals surface area contributed by atoms with E-state index in [-0.39, 0.29) is 29.9 Å². The zero-order valence-corrected chi connectivity index (χ0v) is 12.8. The molecule has 6 heteroatoms. The molecule has 1 aliphatic carbocycles. The molecular weight excluding hydrogens is 300 g/mol. The summed E-state index contributed by atoms with van der Waals surface area (Å²) in [5, 5.41) is 9.84. The van der Waals surface area contributed by atoms with Crippen molar-refractivity contribution in [2.24, 2.45) is 0 Å². The third kappa shape index (κ3) is 3.15. The lowest BCUT2D eigenvalue weighted by molar-refractivity contribution is -0.146. The number of rotatable bonds is 4. The first-order chi connectivity index (χ1) is 11.0. The zero-order valence-electron chi connectivity index (χ0n) is 12.8. The molecule has 0 saturated heterocycles. The number of ketones is 1. The minimum atomic E-state index is -0.867. The minimum absolute atomic E-state index is 0.0747. The number of allylic oxidation sites excluding steroid dienone is 3. The van der Waals surface area contributed by atoms with Crippen LogP contribution in [-0.2, 0) is 19.1 Å². The van der Waals surface area contributed by atoms with Crippen molar-refractivity contribution in [1.29, 1.82) is 0 Å². The summed E-state index contributed by atoms with van der Waals surface area (Å²) in [5.74, 6) is -2.86. The van der Waals surface area contributed by atoms with Gasteiger partial charge in [0.05, 0.1) is 13.2 Å². The predicted molar refractivity (Wildman–Crippen MR) is 81.7 cm³/mol. The maximum absolute atomic E-state index is 12.2. The van der Waals surface area contributed by atoms with Crippen molar-refractivity contribution in [3.63, 3.8) is 0 Å². The van der Waals surface area contributed by atoms with Crippen LogP contribution < -0.4 is 0 Å². The van der Waals surface area contributed by atoms with E-state index in [9.17, 15) is 19.5 Å². The van der Waals surface area contributed by atoms with Gasteiger partial charge < -0.3 is 14.6 Å². The molecule has 23 heavy (non-hydrogen) atoms. The number of esters is 2. The molecule has 0 radical (unpaired) electrons. The Morgan fingerprint density at radius 2 is 1.52 bits per heavy atom. The van der Waals surface area contributed by atoms with Crippen LogP contribution in [0.1, 0.15) is 29.8 Å². The van der Waals surface area contributed by atoms with Gasteiger partial charge in [0.2, 0.25) is 5.78 Å². The van der Waals surface area contributed by atoms with Crippen LogP contribution in [0.3, 0.4) is 0 Å². The van der Waals surface area contributed by atoms with Gasteiger partial charge in [-0.1, -0.05) is 24.3 Å². The molecule has 0 heterocycles. The molecule has 0 atom stereocenters. The van der Waals surface area contributed by atoms with E-state index in [1.807, 2.05) is 0 Å². The standard InChI is InChI=1S/C17H16O6/c1-3-22-16(20)14(17(21)23-4-2)12-9-13(18)15(19)11-8-6-5-7-10(11)12/h5-9,18H,3-4H2,1-2H3. The Balaban J connectivity index is 2.71. The van der Waals surface area contributed by atoms with Gasteiger partial charge in [-0.3, -0.25) is 4.79 Å². The van der Waals surface area contributed by atoms with Crippen molar-refractivity contribution in [2.75, 3.05) is 13.2 Å². The number of Topliss-reactive ketones (excluding diaryl/α,β-unsaturated/α-hetero) is 1. The first-order valence-corrected chi connectivity index (χ1v) is 7.14. The van der Waals surface area contributed by atoms with Crippen LogP contribution in [0.4, 0.5) is 0 Å². The van der Waals surface area contributed by atoms with Crippen LogP contribution in [0, 0.1) is 0 Å². The van der Waals surface area contributed by atoms with Crippen LogP contribution in [-0.4, -0.2) is 36.0 Å². The molecule has 0 saturated carbocycles. The van der Waals surface area contributed by atoms with Crippen molar-refractivity contribution in [2.45, 2.75) is 13.8 Å². The molecule has 1 aliphatic rings. The Hall–Kier alpha value is -2.89. The highest BCUT2D eigenvalue weighted by molar-refractivity contribution is 6.25. The molecule has 0 bridgehead atoms. The minimum Gasteiger partial charge on any atom is -0.504 e. The van der Waals surface area contributed by atoms with Crippen LogP contribution in [0.5, 0.6) is 0 Å². The van der Waals surface area contributed by atoms with Gasteiger partial charge in [-0.25, -0.2) is 9.59 Å². The molecule has 2 rings (SSSR count). The fourth-order valence-electron chi connectivity index (χ4n) is 2.25. The summed E-state index contributed by atoms with van der Waals surface area (Å²) >= 11 is 0. The smallest absolute Gasteiger partial charge is 0.346 e. The van der Waals surface area contributed by atoms with Gasteiger partial charge in [0.1, 0.15) is 0 Å². The van der Waals surface area contributed by atoms with E-state index >= 15 is 0 Å². The van der Waals surface area contributed by atoms with Gasteiger partial charge in [0.25, 0.3) is 0 Å². The number of aliphatic hydroxyl groups excluding tert-OH is 1. The summed E-state index contributed by atoms with van der Waals surface area (Å²) in [6.07, 6.45) is 1.09. The summed E-state index contributed by atoms with van der Waals surface area (Å²) in [6.45, 7) is 3.37. The predicted octanol–water partition coefficient (Wildman–Crippen LogP) is 2.20. The lowest BCUT2D eigenvalue weighted by Gasteiger charge is -2.18. The van der Waals surface area contributed by atoms with Crippen LogP contribution in [0.2, 0.25) is 0 Å². The van der Waals surface area contributed by atoms with Crippen molar-refractivity contribution in [3.05, 3.63) is 52.8 Å². The second kappa shape index (κ2) is 6.91. The number of aliphatic hydroxyl groups is 1. The Morgan fingerprint density at radius 1 is 1.00 bits per heavy atom. The molecule has 0 aromatic heterocycles. The number of hydrogen-bond acceptors (Lipinski definition) is 6. The fraction of sp³-hybridized carbons (Fsp3) is 0.235.